The van der Waals surface area contributed by atoms with E-state index in [1.54, 1.807) is 18.5 Å². The largest absolute Gasteiger partial charge is 0.463 e. The smallest absolute Gasteiger partial charge is 0.338 e. The Morgan fingerprint density at radius 3 is 2.91 bits per heavy atom. The lowest BCUT2D eigenvalue weighted by Crippen LogP contribution is -2.38. The van der Waals surface area contributed by atoms with Gasteiger partial charge < -0.3 is 21.2 Å². The fourth-order valence-electron chi connectivity index (χ4n) is 4.13. The molecule has 11 heteroatoms. The van der Waals surface area contributed by atoms with Gasteiger partial charge in [0, 0.05) is 40.7 Å². The fraction of sp³-hybridized carbons (Fsp3) is 0.304. The molecular formula is C23H22ClF2N5O2S. The van der Waals surface area contributed by atoms with Crippen molar-refractivity contribution in [1.82, 2.24) is 10.3 Å². The van der Waals surface area contributed by atoms with Gasteiger partial charge in [-0.2, -0.15) is 0 Å². The van der Waals surface area contributed by atoms with Crippen molar-refractivity contribution < 1.29 is 18.3 Å². The highest BCUT2D eigenvalue weighted by atomic mass is 35.5. The number of amidine groups is 1. The summed E-state index contributed by atoms with van der Waals surface area (Å²) in [7, 11) is 0. The highest BCUT2D eigenvalue weighted by molar-refractivity contribution is 7.11. The molecule has 1 aromatic heterocycles. The maximum absolute atomic E-state index is 14.4. The van der Waals surface area contributed by atoms with Crippen LogP contribution in [0.25, 0.3) is 0 Å². The van der Waals surface area contributed by atoms with Crippen molar-refractivity contribution in [2.45, 2.75) is 32.2 Å². The van der Waals surface area contributed by atoms with Gasteiger partial charge in [-0.05, 0) is 37.8 Å². The van der Waals surface area contributed by atoms with Crippen LogP contribution < -0.4 is 11.1 Å². The van der Waals surface area contributed by atoms with Gasteiger partial charge in [0.2, 0.25) is 0 Å². The molecule has 0 bridgehead atoms. The topological polar surface area (TPSA) is 113 Å². The number of nitrogens with two attached hydrogens (primary N) is 1. The predicted octanol–water partition coefficient (Wildman–Crippen LogP) is 4.65. The minimum atomic E-state index is -1.21. The fourth-order valence-corrected chi connectivity index (χ4v) is 4.98. The van der Waals surface area contributed by atoms with Crippen LogP contribution >= 0.6 is 22.9 Å². The van der Waals surface area contributed by atoms with Crippen LogP contribution in [0.3, 0.4) is 0 Å². The van der Waals surface area contributed by atoms with Crippen molar-refractivity contribution in [3.05, 3.63) is 73.5 Å². The molecule has 0 radical (unpaired) electrons. The molecule has 0 saturated carbocycles. The average Bonchev–Trinajstić information content (AvgIpc) is 3.37. The first-order chi connectivity index (χ1) is 16.3. The number of ether oxygens (including phenoxy) is 1. The average molecular weight is 506 g/mol. The van der Waals surface area contributed by atoms with Gasteiger partial charge in [-0.1, -0.05) is 17.7 Å². The number of rotatable bonds is 6. The lowest BCUT2D eigenvalue weighted by Gasteiger charge is -2.33. The number of nitrogens with zero attached hydrogens (tertiary/aromatic N) is 2. The van der Waals surface area contributed by atoms with Gasteiger partial charge >= 0.3 is 5.97 Å². The molecule has 4 N–H and O–H groups in total. The number of carbonyl (C=O) groups excluding carboxylic acids is 1. The van der Waals surface area contributed by atoms with E-state index in [2.05, 4.69) is 15.3 Å². The van der Waals surface area contributed by atoms with Crippen molar-refractivity contribution in [3.8, 4) is 0 Å². The molecule has 2 heterocycles. The van der Waals surface area contributed by atoms with Gasteiger partial charge in [0.15, 0.2) is 22.5 Å². The Morgan fingerprint density at radius 1 is 1.44 bits per heavy atom. The third-order valence-electron chi connectivity index (χ3n) is 5.79. The lowest BCUT2D eigenvalue weighted by atomic mass is 9.81. The van der Waals surface area contributed by atoms with Gasteiger partial charge in [-0.25, -0.2) is 18.6 Å². The number of nitrogens with one attached hydrogen (secondary N) is 2. The standard InChI is InChI=1S/C23H22ClF2N5O2S/c1-2-33-23(32)16-19(11-3-6-15(28)12(9-11)10-27)30-21(22-29-7-8-34-22)31-20(16)13-4-5-14(25)18(26)17(13)24/h4-5,7-8,10-11,20,27H,2-3,6,9,28H2,1H3,(H,30,31). The molecule has 0 fully saturated rings. The normalized spacial score (nSPS) is 20.6. The van der Waals surface area contributed by atoms with Crippen molar-refractivity contribution in [2.75, 3.05) is 6.61 Å². The molecule has 0 saturated heterocycles. The molecule has 1 aliphatic carbocycles. The molecule has 4 rings (SSSR count). The van der Waals surface area contributed by atoms with Crippen molar-refractivity contribution in [1.29, 1.82) is 5.41 Å². The van der Waals surface area contributed by atoms with Crippen LogP contribution in [0.1, 0.15) is 42.8 Å². The quantitative estimate of drug-likeness (QED) is 0.300. The molecule has 2 aromatic rings. The zero-order valence-corrected chi connectivity index (χ0v) is 19.8. The first kappa shape index (κ1) is 24.0. The van der Waals surface area contributed by atoms with Crippen LogP contribution in [0.2, 0.25) is 5.02 Å². The van der Waals surface area contributed by atoms with Crippen LogP contribution in [-0.2, 0) is 9.53 Å². The highest BCUT2D eigenvalue weighted by Gasteiger charge is 2.38. The number of aromatic nitrogens is 1. The summed E-state index contributed by atoms with van der Waals surface area (Å²) >= 11 is 7.54. The second kappa shape index (κ2) is 10.0. The van der Waals surface area contributed by atoms with Crippen LogP contribution in [0.5, 0.6) is 0 Å². The highest BCUT2D eigenvalue weighted by Crippen LogP contribution is 2.42. The number of hydrogen-bond acceptors (Lipinski definition) is 8. The Bertz CT molecular complexity index is 1230. The summed E-state index contributed by atoms with van der Waals surface area (Å²) in [4.78, 5) is 22.2. The molecule has 34 heavy (non-hydrogen) atoms. The molecule has 178 valence electrons. The summed E-state index contributed by atoms with van der Waals surface area (Å²) in [6, 6.07) is 1.22. The van der Waals surface area contributed by atoms with E-state index in [-0.39, 0.29) is 23.7 Å². The van der Waals surface area contributed by atoms with Crippen LogP contribution in [-0.4, -0.2) is 29.6 Å². The molecule has 2 atom stereocenters. The van der Waals surface area contributed by atoms with E-state index < -0.39 is 28.7 Å². The van der Waals surface area contributed by atoms with Gasteiger partial charge in [-0.3, -0.25) is 4.99 Å². The Labute approximate surface area is 203 Å². The van der Waals surface area contributed by atoms with Gasteiger partial charge in [-0.15, -0.1) is 11.3 Å². The molecule has 0 spiro atoms. The van der Waals surface area contributed by atoms with Crippen molar-refractivity contribution >= 4 is 41.0 Å². The summed E-state index contributed by atoms with van der Waals surface area (Å²) in [6.45, 7) is 1.79. The number of hydrogen-bond donors (Lipinski definition) is 3. The van der Waals surface area contributed by atoms with E-state index in [0.717, 1.165) is 6.07 Å². The van der Waals surface area contributed by atoms with E-state index in [0.29, 0.717) is 47.1 Å². The van der Waals surface area contributed by atoms with E-state index in [4.69, 9.17) is 27.5 Å². The summed E-state index contributed by atoms with van der Waals surface area (Å²) < 4.78 is 33.6. The Hall–Kier alpha value is -3.11. The molecule has 1 aromatic carbocycles. The zero-order chi connectivity index (χ0) is 24.4. The van der Waals surface area contributed by atoms with Crippen LogP contribution in [0, 0.1) is 23.0 Å². The summed E-state index contributed by atoms with van der Waals surface area (Å²) in [5.41, 5.74) is 8.20. The molecule has 2 unspecified atom stereocenters. The second-order valence-corrected chi connectivity index (χ2v) is 9.06. The molecular weight excluding hydrogens is 484 g/mol. The molecule has 1 aliphatic heterocycles. The number of halogens is 3. The van der Waals surface area contributed by atoms with E-state index >= 15 is 0 Å². The SMILES string of the molecule is CCOC(=O)C1=C(C2CCC(N)=C(C=N)C2)NC(c2nccs2)=NC1c1ccc(F)c(F)c1Cl. The Kier molecular flexibility index (Phi) is 7.08. The van der Waals surface area contributed by atoms with Crippen molar-refractivity contribution in [2.24, 2.45) is 16.6 Å². The van der Waals surface area contributed by atoms with Gasteiger partial charge in [0.25, 0.3) is 0 Å². The molecule has 0 amide bonds. The van der Waals surface area contributed by atoms with E-state index in [1.165, 1.54) is 23.6 Å². The third kappa shape index (κ3) is 4.47. The zero-order valence-electron chi connectivity index (χ0n) is 18.2. The minimum Gasteiger partial charge on any atom is -0.463 e. The van der Waals surface area contributed by atoms with Crippen molar-refractivity contribution in [3.63, 3.8) is 0 Å². The summed E-state index contributed by atoms with van der Waals surface area (Å²) in [5, 5.41) is 12.8. The first-order valence-corrected chi connectivity index (χ1v) is 11.9. The Balaban J connectivity index is 1.92. The van der Waals surface area contributed by atoms with E-state index in [9.17, 15) is 13.6 Å². The second-order valence-electron chi connectivity index (χ2n) is 7.79. The number of esters is 1. The monoisotopic (exact) mass is 505 g/mol. The maximum atomic E-state index is 14.4. The van der Waals surface area contributed by atoms with Gasteiger partial charge in [0.1, 0.15) is 6.04 Å². The summed E-state index contributed by atoms with van der Waals surface area (Å²) in [6.07, 6.45) is 4.40. The number of thiazole rings is 1. The number of carbonyl (C=O) groups is 1. The number of aliphatic imine (C=N–C) groups is 1. The van der Waals surface area contributed by atoms with Crippen LogP contribution in [0.4, 0.5) is 8.78 Å². The summed E-state index contributed by atoms with van der Waals surface area (Å²) in [5.74, 6) is -2.80. The number of benzene rings is 1. The minimum absolute atomic E-state index is 0.111. The first-order valence-electron chi connectivity index (χ1n) is 10.6. The third-order valence-corrected chi connectivity index (χ3v) is 6.95. The van der Waals surface area contributed by atoms with Crippen LogP contribution in [0.15, 0.2) is 51.2 Å². The van der Waals surface area contributed by atoms with E-state index in [1.807, 2.05) is 0 Å². The molecule has 7 nitrogen and oxygen atoms in total. The predicted molar refractivity (Wildman–Crippen MR) is 127 cm³/mol. The van der Waals surface area contributed by atoms with Gasteiger partial charge in [0.05, 0.1) is 17.2 Å². The molecule has 2 aliphatic rings. The lowest BCUT2D eigenvalue weighted by molar-refractivity contribution is -0.139. The Morgan fingerprint density at radius 2 is 2.24 bits per heavy atom. The number of allylic oxidation sites excluding steroid dienone is 3. The maximum Gasteiger partial charge on any atom is 0.338 e.